The Morgan fingerprint density at radius 2 is 2.15 bits per heavy atom. The van der Waals surface area contributed by atoms with E-state index in [1.807, 2.05) is 18.2 Å². The molecule has 1 aromatic heterocycles. The lowest BCUT2D eigenvalue weighted by Gasteiger charge is -2.32. The molecule has 2 aromatic rings. The number of aromatic amines is 1. The number of aromatic nitrogens is 1. The first-order valence-corrected chi connectivity index (χ1v) is 7.19. The summed E-state index contributed by atoms with van der Waals surface area (Å²) in [6.07, 6.45) is 0.195. The first-order valence-electron chi connectivity index (χ1n) is 6.40. The summed E-state index contributed by atoms with van der Waals surface area (Å²) >= 11 is 3.36. The summed E-state index contributed by atoms with van der Waals surface area (Å²) in [6.45, 7) is -0.113. The molecule has 106 valence electrons. The van der Waals surface area contributed by atoms with E-state index in [1.165, 1.54) is 4.90 Å². The summed E-state index contributed by atoms with van der Waals surface area (Å²) in [4.78, 5) is 16.5. The van der Waals surface area contributed by atoms with Crippen LogP contribution in [-0.4, -0.2) is 34.8 Å². The van der Waals surface area contributed by atoms with Gasteiger partial charge in [0.2, 0.25) is 0 Å². The molecule has 2 heterocycles. The molecular formula is C14H13BrF2N2O. The van der Waals surface area contributed by atoms with Gasteiger partial charge in [0, 0.05) is 28.3 Å². The molecule has 3 rings (SSSR count). The smallest absolute Gasteiger partial charge is 0.270 e. The Morgan fingerprint density at radius 3 is 2.90 bits per heavy atom. The minimum atomic E-state index is -2.77. The molecule has 1 amide bonds. The maximum atomic E-state index is 13.4. The summed E-state index contributed by atoms with van der Waals surface area (Å²) in [5.74, 6) is -3.14. The topological polar surface area (TPSA) is 36.1 Å². The average molecular weight is 343 g/mol. The van der Waals surface area contributed by atoms with Crippen LogP contribution in [0.5, 0.6) is 0 Å². The maximum Gasteiger partial charge on any atom is 0.270 e. The molecule has 0 spiro atoms. The van der Waals surface area contributed by atoms with Gasteiger partial charge in [-0.2, -0.15) is 0 Å². The lowest BCUT2D eigenvalue weighted by Crippen LogP contribution is -2.45. The molecule has 1 aromatic carbocycles. The van der Waals surface area contributed by atoms with Crippen LogP contribution >= 0.6 is 15.9 Å². The number of H-pyrrole nitrogens is 1. The molecule has 3 nitrogen and oxygen atoms in total. The van der Waals surface area contributed by atoms with Crippen molar-refractivity contribution in [2.45, 2.75) is 18.8 Å². The van der Waals surface area contributed by atoms with E-state index in [4.69, 9.17) is 0 Å². The van der Waals surface area contributed by atoms with Gasteiger partial charge in [0.05, 0.1) is 6.54 Å². The van der Waals surface area contributed by atoms with E-state index in [1.54, 1.807) is 6.07 Å². The lowest BCUT2D eigenvalue weighted by molar-refractivity contribution is -0.0561. The SMILES string of the molecule is O=C(c1cc2cc(Br)ccc2[nH]1)N1CCCC(F)(F)C1. The van der Waals surface area contributed by atoms with E-state index in [0.29, 0.717) is 18.7 Å². The van der Waals surface area contributed by atoms with Crippen LogP contribution in [0.2, 0.25) is 0 Å². The van der Waals surface area contributed by atoms with Gasteiger partial charge in [-0.3, -0.25) is 4.79 Å². The monoisotopic (exact) mass is 342 g/mol. The van der Waals surface area contributed by atoms with E-state index in [0.717, 1.165) is 15.4 Å². The fourth-order valence-electron chi connectivity index (χ4n) is 2.53. The zero-order valence-corrected chi connectivity index (χ0v) is 12.2. The predicted octanol–water partition coefficient (Wildman–Crippen LogP) is 3.80. The molecule has 20 heavy (non-hydrogen) atoms. The molecule has 1 fully saturated rings. The number of hydrogen-bond acceptors (Lipinski definition) is 1. The lowest BCUT2D eigenvalue weighted by atomic mass is 10.1. The Bertz CT molecular complexity index is 668. The van der Waals surface area contributed by atoms with Crippen molar-refractivity contribution < 1.29 is 13.6 Å². The van der Waals surface area contributed by atoms with Gasteiger partial charge in [-0.1, -0.05) is 15.9 Å². The second kappa shape index (κ2) is 4.84. The third-order valence-corrected chi connectivity index (χ3v) is 3.99. The van der Waals surface area contributed by atoms with Crippen molar-refractivity contribution in [2.75, 3.05) is 13.1 Å². The number of carbonyl (C=O) groups excluding carboxylic acids is 1. The van der Waals surface area contributed by atoms with Crippen LogP contribution < -0.4 is 0 Å². The van der Waals surface area contributed by atoms with E-state index in [2.05, 4.69) is 20.9 Å². The molecule has 0 bridgehead atoms. The number of benzene rings is 1. The van der Waals surface area contributed by atoms with Crippen LogP contribution in [0, 0.1) is 0 Å². The number of hydrogen-bond donors (Lipinski definition) is 1. The van der Waals surface area contributed by atoms with Gasteiger partial charge in [-0.05, 0) is 30.7 Å². The van der Waals surface area contributed by atoms with Crippen molar-refractivity contribution in [3.8, 4) is 0 Å². The number of alkyl halides is 2. The summed E-state index contributed by atoms with van der Waals surface area (Å²) in [6, 6.07) is 7.30. The number of piperidine rings is 1. The summed E-state index contributed by atoms with van der Waals surface area (Å²) in [7, 11) is 0. The Labute approximate surface area is 123 Å². The minimum Gasteiger partial charge on any atom is -0.351 e. The van der Waals surface area contributed by atoms with E-state index < -0.39 is 12.5 Å². The number of amides is 1. The number of nitrogens with zero attached hydrogens (tertiary/aromatic N) is 1. The Kier molecular flexibility index (Phi) is 3.28. The summed E-state index contributed by atoms with van der Waals surface area (Å²) in [5, 5.41) is 0.881. The quantitative estimate of drug-likeness (QED) is 0.840. The highest BCUT2D eigenvalue weighted by molar-refractivity contribution is 9.10. The standard InChI is InChI=1S/C14H13BrF2N2O/c15-10-2-3-11-9(6-10)7-12(18-11)13(20)19-5-1-4-14(16,17)8-19/h2-3,6-7,18H,1,4-5,8H2. The predicted molar refractivity (Wildman–Crippen MR) is 76.1 cm³/mol. The van der Waals surface area contributed by atoms with Gasteiger partial charge in [0.25, 0.3) is 11.8 Å². The van der Waals surface area contributed by atoms with Gasteiger partial charge in [-0.25, -0.2) is 8.78 Å². The zero-order valence-electron chi connectivity index (χ0n) is 10.6. The number of carbonyl (C=O) groups is 1. The number of nitrogens with one attached hydrogen (secondary N) is 1. The van der Waals surface area contributed by atoms with Gasteiger partial charge in [0.1, 0.15) is 5.69 Å². The highest BCUT2D eigenvalue weighted by atomic mass is 79.9. The van der Waals surface area contributed by atoms with Crippen LogP contribution in [0.25, 0.3) is 10.9 Å². The molecule has 1 aliphatic rings. The molecule has 0 aliphatic carbocycles. The van der Waals surface area contributed by atoms with Crippen LogP contribution in [0.1, 0.15) is 23.3 Å². The third-order valence-electron chi connectivity index (χ3n) is 3.49. The normalized spacial score (nSPS) is 18.4. The Balaban J connectivity index is 1.88. The number of halogens is 3. The second-order valence-corrected chi connectivity index (χ2v) is 6.02. The van der Waals surface area contributed by atoms with Crippen LogP contribution in [0.3, 0.4) is 0 Å². The minimum absolute atomic E-state index is 0.142. The van der Waals surface area contributed by atoms with Crippen LogP contribution in [0.4, 0.5) is 8.78 Å². The second-order valence-electron chi connectivity index (χ2n) is 5.10. The first-order chi connectivity index (χ1) is 9.44. The van der Waals surface area contributed by atoms with E-state index >= 15 is 0 Å². The van der Waals surface area contributed by atoms with Crippen molar-refractivity contribution >= 4 is 32.7 Å². The number of rotatable bonds is 1. The fraction of sp³-hybridized carbons (Fsp3) is 0.357. The summed E-state index contributed by atoms with van der Waals surface area (Å²) in [5.41, 5.74) is 1.18. The van der Waals surface area contributed by atoms with Crippen molar-refractivity contribution in [3.63, 3.8) is 0 Å². The maximum absolute atomic E-state index is 13.4. The van der Waals surface area contributed by atoms with Gasteiger partial charge in [0.15, 0.2) is 0 Å². The number of fused-ring (bicyclic) bond motifs is 1. The van der Waals surface area contributed by atoms with E-state index in [9.17, 15) is 13.6 Å². The van der Waals surface area contributed by atoms with E-state index in [-0.39, 0.29) is 12.3 Å². The molecule has 1 N–H and O–H groups in total. The fourth-order valence-corrected chi connectivity index (χ4v) is 2.91. The van der Waals surface area contributed by atoms with Crippen LogP contribution in [0.15, 0.2) is 28.7 Å². The van der Waals surface area contributed by atoms with Crippen molar-refractivity contribution in [3.05, 3.63) is 34.4 Å². The molecular weight excluding hydrogens is 330 g/mol. The van der Waals surface area contributed by atoms with Gasteiger partial charge >= 0.3 is 0 Å². The first kappa shape index (κ1) is 13.5. The molecule has 1 aliphatic heterocycles. The zero-order chi connectivity index (χ0) is 14.3. The third kappa shape index (κ3) is 2.57. The highest BCUT2D eigenvalue weighted by Crippen LogP contribution is 2.28. The summed E-state index contributed by atoms with van der Waals surface area (Å²) < 4.78 is 27.7. The van der Waals surface area contributed by atoms with Crippen LogP contribution in [-0.2, 0) is 0 Å². The molecule has 1 saturated heterocycles. The molecule has 0 unspecified atom stereocenters. The molecule has 0 atom stereocenters. The molecule has 0 saturated carbocycles. The van der Waals surface area contributed by atoms with Crippen molar-refractivity contribution in [2.24, 2.45) is 0 Å². The largest absolute Gasteiger partial charge is 0.351 e. The van der Waals surface area contributed by atoms with Crippen molar-refractivity contribution in [1.29, 1.82) is 0 Å². The molecule has 0 radical (unpaired) electrons. The van der Waals surface area contributed by atoms with Crippen molar-refractivity contribution in [1.82, 2.24) is 9.88 Å². The average Bonchev–Trinajstić information content (AvgIpc) is 2.79. The highest BCUT2D eigenvalue weighted by Gasteiger charge is 2.37. The van der Waals surface area contributed by atoms with Gasteiger partial charge < -0.3 is 9.88 Å². The van der Waals surface area contributed by atoms with Gasteiger partial charge in [-0.15, -0.1) is 0 Å². The Hall–Kier alpha value is -1.43. The Morgan fingerprint density at radius 1 is 1.35 bits per heavy atom. The molecule has 6 heteroatoms. The number of likely N-dealkylation sites (tertiary alicyclic amines) is 1.